The average molecular weight is 204 g/mol. The fourth-order valence-electron chi connectivity index (χ4n) is 1.15. The first kappa shape index (κ1) is 11.3. The lowest BCUT2D eigenvalue weighted by Gasteiger charge is -2.11. The summed E-state index contributed by atoms with van der Waals surface area (Å²) in [6, 6.07) is 6.36. The maximum absolute atomic E-state index is 11.0. The highest BCUT2D eigenvalue weighted by molar-refractivity contribution is 5.93. The molecule has 1 rings (SSSR count). The number of ketones is 1. The summed E-state index contributed by atoms with van der Waals surface area (Å²) in [4.78, 5) is 21.4. The number of aliphatic hydroxyl groups excluding tert-OH is 1. The first-order chi connectivity index (χ1) is 7.06. The molecule has 0 fully saturated rings. The first-order valence-electron chi connectivity index (χ1n) is 4.49. The van der Waals surface area contributed by atoms with Crippen LogP contribution < -0.4 is 0 Å². The number of carbonyl (C=O) groups excluding carboxylic acids is 2. The Bertz CT molecular complexity index is 390. The summed E-state index contributed by atoms with van der Waals surface area (Å²) >= 11 is 0. The highest BCUT2D eigenvalue weighted by Gasteiger charge is 2.14. The van der Waals surface area contributed by atoms with E-state index in [1.54, 1.807) is 24.3 Å². The lowest BCUT2D eigenvalue weighted by atomic mass is 9.99. The lowest BCUT2D eigenvalue weighted by molar-refractivity contribution is -0.114. The van der Waals surface area contributed by atoms with Gasteiger partial charge in [0.1, 0.15) is 12.4 Å². The van der Waals surface area contributed by atoms with Gasteiger partial charge in [-0.3, -0.25) is 9.59 Å². The minimum Gasteiger partial charge on any atom is -0.384 e. The molecule has 0 radical (unpaired) electrons. The van der Waals surface area contributed by atoms with Crippen molar-refractivity contribution < 1.29 is 14.7 Å². The second-order valence-corrected chi connectivity index (χ2v) is 3.27. The van der Waals surface area contributed by atoms with Crippen LogP contribution in [0.2, 0.25) is 0 Å². The van der Waals surface area contributed by atoms with Gasteiger partial charge < -0.3 is 5.11 Å². The molecule has 0 aliphatic carbocycles. The van der Waals surface area contributed by atoms with Gasteiger partial charge in [-0.25, -0.2) is 0 Å². The highest BCUT2D eigenvalue weighted by atomic mass is 16.3. The van der Waals surface area contributed by atoms with Gasteiger partial charge in [0.2, 0.25) is 0 Å². The third-order valence-electron chi connectivity index (χ3n) is 2.17. The molecule has 0 aliphatic rings. The van der Waals surface area contributed by atoms with Crippen LogP contribution in [0.5, 0.6) is 0 Å². The summed E-state index contributed by atoms with van der Waals surface area (Å²) < 4.78 is 0. The molecule has 3 nitrogen and oxygen atoms in total. The van der Waals surface area contributed by atoms with E-state index >= 15 is 0 Å². The predicted octanol–water partition coefficient (Wildman–Crippen LogP) is 1.68. The normalized spacial score (nSPS) is 11.9. The van der Waals surface area contributed by atoms with Crippen LogP contribution in [-0.4, -0.2) is 17.2 Å². The van der Waals surface area contributed by atoms with Gasteiger partial charge in [0.05, 0.1) is 0 Å². The van der Waals surface area contributed by atoms with Crippen LogP contribution in [0.4, 0.5) is 0 Å². The second-order valence-electron chi connectivity index (χ2n) is 3.27. The van der Waals surface area contributed by atoms with E-state index in [0.29, 0.717) is 11.1 Å². The topological polar surface area (TPSA) is 54.4 Å². The van der Waals surface area contributed by atoms with Crippen LogP contribution in [0.25, 0.3) is 0 Å². The summed E-state index contributed by atoms with van der Waals surface area (Å²) in [5.41, 5.74) is 1.23. The van der Waals surface area contributed by atoms with Gasteiger partial charge in [0.15, 0.2) is 5.78 Å². The van der Waals surface area contributed by atoms with Crippen molar-refractivity contribution in [2.24, 2.45) is 0 Å². The van der Waals surface area contributed by atoms with Crippen molar-refractivity contribution in [1.29, 1.82) is 0 Å². The summed E-state index contributed by atoms with van der Waals surface area (Å²) in [5, 5.41) is 9.71. The van der Waals surface area contributed by atoms with Gasteiger partial charge in [-0.1, -0.05) is 30.8 Å². The van der Waals surface area contributed by atoms with E-state index < -0.39 is 6.10 Å². The molecule has 1 atom stereocenters. The van der Waals surface area contributed by atoms with E-state index in [0.717, 1.165) is 6.29 Å². The number of hydrogen-bond acceptors (Lipinski definition) is 3. The quantitative estimate of drug-likeness (QED) is 0.599. The molecule has 1 aromatic rings. The molecular weight excluding hydrogens is 192 g/mol. The minimum absolute atomic E-state index is 0.147. The van der Waals surface area contributed by atoms with Gasteiger partial charge in [-0.2, -0.15) is 0 Å². The number of carbonyl (C=O) groups is 2. The molecular formula is C12H12O3. The monoisotopic (exact) mass is 204 g/mol. The van der Waals surface area contributed by atoms with Crippen molar-refractivity contribution in [3.8, 4) is 0 Å². The van der Waals surface area contributed by atoms with Crippen molar-refractivity contribution in [2.75, 3.05) is 0 Å². The predicted molar refractivity (Wildman–Crippen MR) is 56.6 cm³/mol. The molecule has 1 aromatic carbocycles. The van der Waals surface area contributed by atoms with E-state index in [9.17, 15) is 14.7 Å². The Kier molecular flexibility index (Phi) is 3.52. The van der Waals surface area contributed by atoms with Gasteiger partial charge >= 0.3 is 0 Å². The molecule has 1 unspecified atom stereocenters. The summed E-state index contributed by atoms with van der Waals surface area (Å²) in [7, 11) is 0. The number of Topliss-reactive ketones (excluding diaryl/α,β-unsaturated/α-hetero) is 1. The average Bonchev–Trinajstić information content (AvgIpc) is 2.27. The molecule has 78 valence electrons. The van der Waals surface area contributed by atoms with E-state index in [4.69, 9.17) is 0 Å². The summed E-state index contributed by atoms with van der Waals surface area (Å²) in [6.07, 6.45) is -0.279. The van der Waals surface area contributed by atoms with Crippen LogP contribution in [0.15, 0.2) is 36.4 Å². The van der Waals surface area contributed by atoms with Gasteiger partial charge in [0.25, 0.3) is 0 Å². The molecule has 0 heterocycles. The number of aldehydes is 1. The number of hydrogen-bond donors (Lipinski definition) is 1. The van der Waals surface area contributed by atoms with Crippen LogP contribution in [0, 0.1) is 0 Å². The molecule has 0 spiro atoms. The number of benzene rings is 1. The zero-order chi connectivity index (χ0) is 11.4. The molecule has 0 saturated carbocycles. The van der Waals surface area contributed by atoms with E-state index in [-0.39, 0.29) is 11.4 Å². The Labute approximate surface area is 88.0 Å². The molecule has 0 amide bonds. The molecule has 1 N–H and O–H groups in total. The number of rotatable bonds is 4. The third-order valence-corrected chi connectivity index (χ3v) is 2.17. The Morgan fingerprint density at radius 1 is 1.40 bits per heavy atom. The zero-order valence-electron chi connectivity index (χ0n) is 8.43. The van der Waals surface area contributed by atoms with Crippen LogP contribution >= 0.6 is 0 Å². The van der Waals surface area contributed by atoms with Crippen molar-refractivity contribution in [1.82, 2.24) is 0 Å². The van der Waals surface area contributed by atoms with E-state index in [1.807, 2.05) is 0 Å². The van der Waals surface area contributed by atoms with Crippen molar-refractivity contribution in [3.63, 3.8) is 0 Å². The molecule has 0 aromatic heterocycles. The Morgan fingerprint density at radius 3 is 2.33 bits per heavy atom. The zero-order valence-corrected chi connectivity index (χ0v) is 8.43. The molecule has 0 saturated heterocycles. The highest BCUT2D eigenvalue weighted by Crippen LogP contribution is 2.20. The molecule has 0 bridgehead atoms. The maximum Gasteiger partial charge on any atom is 0.158 e. The van der Waals surface area contributed by atoms with Crippen molar-refractivity contribution in [3.05, 3.63) is 47.5 Å². The van der Waals surface area contributed by atoms with Crippen molar-refractivity contribution >= 4 is 12.1 Å². The molecule has 3 heteroatoms. The fourth-order valence-corrected chi connectivity index (χ4v) is 1.15. The van der Waals surface area contributed by atoms with Crippen molar-refractivity contribution in [2.45, 2.75) is 13.0 Å². The summed E-state index contributed by atoms with van der Waals surface area (Å²) in [6.45, 7) is 4.86. The SMILES string of the molecule is C=C(C(C)=O)C(O)c1ccc(C=O)cc1. The minimum atomic E-state index is -0.997. The fraction of sp³-hybridized carbons (Fsp3) is 0.167. The Balaban J connectivity index is 2.91. The van der Waals surface area contributed by atoms with Crippen LogP contribution in [-0.2, 0) is 4.79 Å². The Hall–Kier alpha value is -1.74. The third kappa shape index (κ3) is 2.60. The van der Waals surface area contributed by atoms with Gasteiger partial charge in [0, 0.05) is 11.1 Å². The molecule has 15 heavy (non-hydrogen) atoms. The van der Waals surface area contributed by atoms with Gasteiger partial charge in [-0.15, -0.1) is 0 Å². The lowest BCUT2D eigenvalue weighted by Crippen LogP contribution is -2.07. The number of aliphatic hydroxyl groups is 1. The Morgan fingerprint density at radius 2 is 1.93 bits per heavy atom. The van der Waals surface area contributed by atoms with E-state index in [2.05, 4.69) is 6.58 Å². The first-order valence-corrected chi connectivity index (χ1v) is 4.49. The largest absolute Gasteiger partial charge is 0.384 e. The smallest absolute Gasteiger partial charge is 0.158 e. The summed E-state index contributed by atoms with van der Waals surface area (Å²) in [5.74, 6) is -0.248. The van der Waals surface area contributed by atoms with Crippen LogP contribution in [0.3, 0.4) is 0 Å². The second kappa shape index (κ2) is 4.66. The standard InChI is InChI=1S/C12H12O3/c1-8(9(2)14)12(15)11-5-3-10(7-13)4-6-11/h3-7,12,15H,1H2,2H3. The van der Waals surface area contributed by atoms with E-state index in [1.165, 1.54) is 6.92 Å². The van der Waals surface area contributed by atoms with Gasteiger partial charge in [-0.05, 0) is 12.5 Å². The van der Waals surface area contributed by atoms with Crippen LogP contribution in [0.1, 0.15) is 28.9 Å². The molecule has 0 aliphatic heterocycles. The maximum atomic E-state index is 11.0.